The minimum atomic E-state index is -2.10. The maximum absolute atomic E-state index is 12.4. The average molecular weight is 895 g/mol. The third-order valence-electron chi connectivity index (χ3n) is 11.1. The number of carbonyl (C=O) groups excluding carboxylic acids is 2. The molecule has 5 aliphatic heterocycles. The third-order valence-corrected chi connectivity index (χ3v) is 11.1. The normalized spacial score (nSPS) is 49.6. The topological polar surface area (TPSA) is 424 Å². The number of hydrogen-bond acceptors (Lipinski definition) is 25. The van der Waals surface area contributed by atoms with Crippen molar-refractivity contribution in [2.24, 2.45) is 0 Å². The molecular weight excluding hydrogens is 836 g/mol. The lowest BCUT2D eigenvalue weighted by molar-refractivity contribution is -0.382. The number of rotatable bonds is 14. The zero-order chi connectivity index (χ0) is 45.2. The van der Waals surface area contributed by atoms with Crippen LogP contribution in [0.15, 0.2) is 0 Å². The molecule has 0 radical (unpaired) electrons. The molecule has 0 saturated carbocycles. The molecule has 5 saturated heterocycles. The molecule has 2 amide bonds. The fraction of sp³-hybridized carbons (Fsp3) is 0.941. The molecule has 0 aromatic carbocycles. The Balaban J connectivity index is 1.39. The van der Waals surface area contributed by atoms with Gasteiger partial charge < -0.3 is 125 Å². The van der Waals surface area contributed by atoms with E-state index in [9.17, 15) is 81.1 Å². The van der Waals surface area contributed by atoms with E-state index in [1.165, 1.54) is 6.92 Å². The minimum Gasteiger partial charge on any atom is -0.394 e. The van der Waals surface area contributed by atoms with Gasteiger partial charge in [0.25, 0.3) is 0 Å². The molecule has 0 aliphatic carbocycles. The van der Waals surface area contributed by atoms with Crippen molar-refractivity contribution < 1.29 is 124 Å². The molecular formula is C34H58N2O25. The highest BCUT2D eigenvalue weighted by Crippen LogP contribution is 2.35. The van der Waals surface area contributed by atoms with Crippen molar-refractivity contribution in [3.8, 4) is 0 Å². The molecule has 0 bridgehead atoms. The lowest BCUT2D eigenvalue weighted by Crippen LogP contribution is -2.70. The largest absolute Gasteiger partial charge is 0.394 e. The molecule has 0 aromatic heterocycles. The van der Waals surface area contributed by atoms with Gasteiger partial charge in [-0.1, -0.05) is 0 Å². The summed E-state index contributed by atoms with van der Waals surface area (Å²) in [7, 11) is 0. The van der Waals surface area contributed by atoms with Crippen LogP contribution in [0.3, 0.4) is 0 Å². The fourth-order valence-electron chi connectivity index (χ4n) is 7.71. The van der Waals surface area contributed by atoms with Crippen molar-refractivity contribution in [3.05, 3.63) is 0 Å². The Morgan fingerprint density at radius 3 is 1.48 bits per heavy atom. The molecule has 0 aromatic rings. The van der Waals surface area contributed by atoms with Gasteiger partial charge in [-0.2, -0.15) is 0 Å². The van der Waals surface area contributed by atoms with Gasteiger partial charge in [-0.25, -0.2) is 0 Å². The zero-order valence-electron chi connectivity index (χ0n) is 33.0. The van der Waals surface area contributed by atoms with E-state index >= 15 is 0 Å². The number of aliphatic hydroxyl groups is 14. The van der Waals surface area contributed by atoms with E-state index in [-0.39, 0.29) is 0 Å². The summed E-state index contributed by atoms with van der Waals surface area (Å²) in [5.74, 6) is -1.40. The first-order valence-electron chi connectivity index (χ1n) is 19.4. The monoisotopic (exact) mass is 894 g/mol. The molecule has 16 N–H and O–H groups in total. The SMILES string of the molecule is CC(=O)N[C@@H]1[C@@H](O)[C@H](O[C@@H]2O[C@H](C)[C@@H](O[C@@H]3O[C@H](CO[C@@H]4O[C@H](CO)[C@@H](O)[C@H](O)[C@@H]4O)[C@@H](O)[C@H](O[C@@H]4O[C@H](CO)[C@@H](O)[C@H](O)[C@@H]4O)[C@@H]3O)[C@H](O)[C@H]2NC(C)=O)[C@@H](CO)O[C@H]1O. The maximum atomic E-state index is 12.4. The van der Waals surface area contributed by atoms with E-state index in [1.807, 2.05) is 0 Å². The summed E-state index contributed by atoms with van der Waals surface area (Å²) in [6.45, 7) is 0.248. The van der Waals surface area contributed by atoms with E-state index in [1.54, 1.807) is 0 Å². The van der Waals surface area contributed by atoms with Crippen molar-refractivity contribution in [1.29, 1.82) is 0 Å². The van der Waals surface area contributed by atoms with Gasteiger partial charge in [-0.05, 0) is 6.92 Å². The van der Waals surface area contributed by atoms with Crippen LogP contribution in [0.4, 0.5) is 0 Å². The second-order valence-corrected chi connectivity index (χ2v) is 15.4. The number of aliphatic hydroxyl groups excluding tert-OH is 14. The summed E-state index contributed by atoms with van der Waals surface area (Å²) in [4.78, 5) is 24.2. The summed E-state index contributed by atoms with van der Waals surface area (Å²) in [6, 6.07) is -3.03. The molecule has 61 heavy (non-hydrogen) atoms. The van der Waals surface area contributed by atoms with Crippen molar-refractivity contribution in [2.75, 3.05) is 26.4 Å². The predicted octanol–water partition coefficient (Wildman–Crippen LogP) is -10.6. The minimum absolute atomic E-state index is 0.662. The summed E-state index contributed by atoms with van der Waals surface area (Å²) in [5, 5.41) is 152. The molecule has 5 fully saturated rings. The molecule has 5 rings (SSSR count). The average Bonchev–Trinajstić information content (AvgIpc) is 3.21. The lowest BCUT2D eigenvalue weighted by Gasteiger charge is -2.50. The van der Waals surface area contributed by atoms with Crippen LogP contribution in [0.25, 0.3) is 0 Å². The van der Waals surface area contributed by atoms with Crippen LogP contribution in [0.5, 0.6) is 0 Å². The smallest absolute Gasteiger partial charge is 0.217 e. The van der Waals surface area contributed by atoms with Crippen molar-refractivity contribution >= 4 is 11.8 Å². The fourth-order valence-corrected chi connectivity index (χ4v) is 7.71. The Morgan fingerprint density at radius 1 is 0.459 bits per heavy atom. The van der Waals surface area contributed by atoms with Gasteiger partial charge >= 0.3 is 0 Å². The third kappa shape index (κ3) is 10.9. The molecule has 25 atom stereocenters. The van der Waals surface area contributed by atoms with Gasteiger partial charge in [0.1, 0.15) is 116 Å². The number of carbonyl (C=O) groups is 2. The zero-order valence-corrected chi connectivity index (χ0v) is 33.0. The summed E-state index contributed by atoms with van der Waals surface area (Å²) in [6.07, 6.45) is -40.4. The summed E-state index contributed by atoms with van der Waals surface area (Å²) >= 11 is 0. The first-order valence-corrected chi connectivity index (χ1v) is 19.4. The van der Waals surface area contributed by atoms with Crippen molar-refractivity contribution in [1.82, 2.24) is 10.6 Å². The molecule has 0 spiro atoms. The van der Waals surface area contributed by atoms with Crippen LogP contribution in [0.1, 0.15) is 20.8 Å². The lowest BCUT2D eigenvalue weighted by atomic mass is 9.94. The molecule has 27 heteroatoms. The van der Waals surface area contributed by atoms with E-state index in [0.29, 0.717) is 0 Å². The Morgan fingerprint density at radius 2 is 0.918 bits per heavy atom. The van der Waals surface area contributed by atoms with Gasteiger partial charge in [-0.3, -0.25) is 9.59 Å². The predicted molar refractivity (Wildman–Crippen MR) is 188 cm³/mol. The molecule has 354 valence electrons. The van der Waals surface area contributed by atoms with Gasteiger partial charge in [-0.15, -0.1) is 0 Å². The quantitative estimate of drug-likeness (QED) is 0.0770. The van der Waals surface area contributed by atoms with E-state index in [2.05, 4.69) is 10.6 Å². The highest BCUT2D eigenvalue weighted by Gasteiger charge is 2.56. The van der Waals surface area contributed by atoms with Gasteiger partial charge in [0.2, 0.25) is 11.8 Å². The number of hydrogen-bond donors (Lipinski definition) is 16. The first kappa shape index (κ1) is 50.0. The van der Waals surface area contributed by atoms with Gasteiger partial charge in [0.05, 0.1) is 32.5 Å². The number of ether oxygens (including phenoxy) is 9. The maximum Gasteiger partial charge on any atom is 0.217 e. The number of amides is 2. The Labute approximate surface area is 346 Å². The van der Waals surface area contributed by atoms with Crippen molar-refractivity contribution in [2.45, 2.75) is 174 Å². The molecule has 5 aliphatic rings. The highest BCUT2D eigenvalue weighted by molar-refractivity contribution is 5.73. The molecule has 0 unspecified atom stereocenters. The van der Waals surface area contributed by atoms with Crippen LogP contribution < -0.4 is 10.6 Å². The highest BCUT2D eigenvalue weighted by atomic mass is 16.8. The van der Waals surface area contributed by atoms with Crippen LogP contribution in [-0.4, -0.2) is 263 Å². The molecule has 27 nitrogen and oxygen atoms in total. The summed E-state index contributed by atoms with van der Waals surface area (Å²) < 4.78 is 51.2. The second kappa shape index (κ2) is 21.3. The first-order chi connectivity index (χ1) is 28.7. The van der Waals surface area contributed by atoms with Crippen LogP contribution in [0, 0.1) is 0 Å². The molecule has 5 heterocycles. The van der Waals surface area contributed by atoms with Crippen LogP contribution in [0.2, 0.25) is 0 Å². The number of nitrogens with one attached hydrogen (secondary N) is 2. The van der Waals surface area contributed by atoms with E-state index in [4.69, 9.17) is 42.6 Å². The Bertz CT molecular complexity index is 1420. The standard InChI is InChI=1S/C34H58N2O25/c1-8-27(21(46)16(36-10(3)41)31(54-8)60-28-13(6-39)55-30(52)15(20(28)45)35-9(2)40)59-34-26(51)29(61-33-25(50)23(48)18(43)12(5-38)57-33)19(44)14(58-34)7-53-32-24(49)22(47)17(42)11(4-37)56-32/h8,11-34,37-39,42-52H,4-7H2,1-3H3,(H,35,40)(H,36,41)/t8-,11-,12-,13-,14-,15-,16-,17-,18-,19-,20-,21-,22+,23+,24+,25+,26+,27-,28-,29+,30-,31+,32-,33+,34+/m1/s1. The Hall–Kier alpha value is -1.98. The van der Waals surface area contributed by atoms with E-state index < -0.39 is 192 Å². The van der Waals surface area contributed by atoms with E-state index in [0.717, 1.165) is 13.8 Å². The summed E-state index contributed by atoms with van der Waals surface area (Å²) in [5.41, 5.74) is 0. The van der Waals surface area contributed by atoms with Crippen molar-refractivity contribution in [3.63, 3.8) is 0 Å². The second-order valence-electron chi connectivity index (χ2n) is 15.4. The Kier molecular flexibility index (Phi) is 17.5. The van der Waals surface area contributed by atoms with Crippen LogP contribution >= 0.6 is 0 Å². The van der Waals surface area contributed by atoms with Gasteiger partial charge in [0.15, 0.2) is 31.5 Å². The van der Waals surface area contributed by atoms with Gasteiger partial charge in [0, 0.05) is 13.8 Å². The van der Waals surface area contributed by atoms with Crippen LogP contribution in [-0.2, 0) is 52.2 Å².